The van der Waals surface area contributed by atoms with Crippen LogP contribution < -0.4 is 10.1 Å². The van der Waals surface area contributed by atoms with Crippen LogP contribution in [0.4, 0.5) is 10.1 Å². The molecule has 2 aromatic carbocycles. The lowest BCUT2D eigenvalue weighted by molar-refractivity contribution is -0.384. The second kappa shape index (κ2) is 8.05. The Bertz CT molecular complexity index is 749. The average Bonchev–Trinajstić information content (AvgIpc) is 2.58. The van der Waals surface area contributed by atoms with E-state index in [9.17, 15) is 19.3 Å². The maximum atomic E-state index is 13.7. The molecule has 2 aromatic rings. The fourth-order valence-electron chi connectivity index (χ4n) is 2.04. The van der Waals surface area contributed by atoms with Gasteiger partial charge in [-0.15, -0.1) is 0 Å². The Labute approximate surface area is 138 Å². The third kappa shape index (κ3) is 4.52. The zero-order valence-corrected chi connectivity index (χ0v) is 13.1. The maximum Gasteiger partial charge on any atom is 0.270 e. The normalized spacial score (nSPS) is 10.2. The highest BCUT2D eigenvalue weighted by atomic mass is 19.1. The van der Waals surface area contributed by atoms with Gasteiger partial charge in [0.25, 0.3) is 11.6 Å². The second-order valence-electron chi connectivity index (χ2n) is 5.10. The minimum Gasteiger partial charge on any atom is -0.494 e. The summed E-state index contributed by atoms with van der Waals surface area (Å²) in [4.78, 5) is 22.1. The lowest BCUT2D eigenvalue weighted by Crippen LogP contribution is -2.24. The molecule has 0 spiro atoms. The van der Waals surface area contributed by atoms with Crippen molar-refractivity contribution in [3.05, 3.63) is 69.5 Å². The van der Waals surface area contributed by atoms with E-state index in [2.05, 4.69) is 5.32 Å². The molecule has 0 aliphatic rings. The Balaban J connectivity index is 2.05. The van der Waals surface area contributed by atoms with Crippen molar-refractivity contribution in [1.29, 1.82) is 0 Å². The lowest BCUT2D eigenvalue weighted by atomic mass is 10.1. The number of rotatable bonds is 7. The first-order valence-electron chi connectivity index (χ1n) is 7.45. The average molecular weight is 332 g/mol. The minimum absolute atomic E-state index is 0.157. The third-order valence-electron chi connectivity index (χ3n) is 3.23. The van der Waals surface area contributed by atoms with E-state index < -0.39 is 16.6 Å². The third-order valence-corrected chi connectivity index (χ3v) is 3.23. The Morgan fingerprint density at radius 2 is 2.08 bits per heavy atom. The van der Waals surface area contributed by atoms with Gasteiger partial charge in [-0.2, -0.15) is 0 Å². The number of amides is 1. The molecule has 0 atom stereocenters. The number of nitrogens with zero attached hydrogens (tertiary/aromatic N) is 1. The van der Waals surface area contributed by atoms with Gasteiger partial charge in [-0.3, -0.25) is 14.9 Å². The van der Waals surface area contributed by atoms with Crippen molar-refractivity contribution in [3.8, 4) is 5.75 Å². The van der Waals surface area contributed by atoms with E-state index in [-0.39, 0.29) is 17.8 Å². The second-order valence-corrected chi connectivity index (χ2v) is 5.10. The molecule has 1 amide bonds. The van der Waals surface area contributed by atoms with E-state index in [1.54, 1.807) is 24.3 Å². The predicted molar refractivity (Wildman–Crippen MR) is 86.5 cm³/mol. The Kier molecular flexibility index (Phi) is 5.83. The van der Waals surface area contributed by atoms with Gasteiger partial charge >= 0.3 is 0 Å². The molecule has 0 saturated carbocycles. The monoisotopic (exact) mass is 332 g/mol. The van der Waals surface area contributed by atoms with Crippen molar-refractivity contribution >= 4 is 11.6 Å². The van der Waals surface area contributed by atoms with Gasteiger partial charge < -0.3 is 10.1 Å². The fraction of sp³-hybridized carbons (Fsp3) is 0.235. The molecule has 2 rings (SSSR count). The van der Waals surface area contributed by atoms with Gasteiger partial charge in [0.2, 0.25) is 0 Å². The van der Waals surface area contributed by atoms with E-state index in [0.717, 1.165) is 30.2 Å². The number of nitro groups is 1. The van der Waals surface area contributed by atoms with Crippen LogP contribution in [-0.4, -0.2) is 17.4 Å². The number of ether oxygens (including phenoxy) is 1. The van der Waals surface area contributed by atoms with Gasteiger partial charge in [0, 0.05) is 18.7 Å². The predicted octanol–water partition coefficient (Wildman–Crippen LogP) is 3.45. The summed E-state index contributed by atoms with van der Waals surface area (Å²) in [7, 11) is 0. The SMILES string of the molecule is CCCOc1cccc(CNC(=O)c2cc([N+](=O)[O-])ccc2F)c1. The maximum absolute atomic E-state index is 13.7. The highest BCUT2D eigenvalue weighted by Crippen LogP contribution is 2.17. The number of hydrogen-bond acceptors (Lipinski definition) is 4. The number of nitrogens with one attached hydrogen (secondary N) is 1. The van der Waals surface area contributed by atoms with Crippen molar-refractivity contribution in [2.75, 3.05) is 6.61 Å². The number of carbonyl (C=O) groups excluding carboxylic acids is 1. The number of non-ortho nitro benzene ring substituents is 1. The molecule has 7 heteroatoms. The molecule has 0 saturated heterocycles. The molecule has 0 unspecified atom stereocenters. The van der Waals surface area contributed by atoms with Gasteiger partial charge in [-0.1, -0.05) is 19.1 Å². The first-order chi connectivity index (χ1) is 11.5. The van der Waals surface area contributed by atoms with Crippen LogP contribution >= 0.6 is 0 Å². The molecular weight excluding hydrogens is 315 g/mol. The quantitative estimate of drug-likeness (QED) is 0.622. The summed E-state index contributed by atoms with van der Waals surface area (Å²) in [6, 6.07) is 10.0. The van der Waals surface area contributed by atoms with Crippen molar-refractivity contribution in [2.45, 2.75) is 19.9 Å². The van der Waals surface area contributed by atoms with Gasteiger partial charge in [0.1, 0.15) is 11.6 Å². The van der Waals surface area contributed by atoms with E-state index in [1.807, 2.05) is 6.92 Å². The van der Waals surface area contributed by atoms with E-state index in [1.165, 1.54) is 0 Å². The summed E-state index contributed by atoms with van der Waals surface area (Å²) in [5, 5.41) is 13.3. The molecule has 0 aliphatic heterocycles. The number of hydrogen-bond donors (Lipinski definition) is 1. The van der Waals surface area contributed by atoms with E-state index >= 15 is 0 Å². The molecule has 126 valence electrons. The fourth-order valence-corrected chi connectivity index (χ4v) is 2.04. The molecular formula is C17H17FN2O4. The van der Waals surface area contributed by atoms with E-state index in [4.69, 9.17) is 4.74 Å². The molecule has 1 N–H and O–H groups in total. The summed E-state index contributed by atoms with van der Waals surface area (Å²) >= 11 is 0. The van der Waals surface area contributed by atoms with Crippen molar-refractivity contribution in [3.63, 3.8) is 0 Å². The zero-order valence-electron chi connectivity index (χ0n) is 13.1. The minimum atomic E-state index is -0.807. The van der Waals surface area contributed by atoms with Gasteiger partial charge in [0.05, 0.1) is 17.1 Å². The summed E-state index contributed by atoms with van der Waals surface area (Å²) in [5.74, 6) is -0.834. The zero-order chi connectivity index (χ0) is 17.5. The number of nitro benzene ring substituents is 1. The molecule has 0 heterocycles. The Hall–Kier alpha value is -2.96. The molecule has 0 radical (unpaired) electrons. The first-order valence-corrected chi connectivity index (χ1v) is 7.45. The molecule has 0 aliphatic carbocycles. The highest BCUT2D eigenvalue weighted by molar-refractivity contribution is 5.95. The van der Waals surface area contributed by atoms with Crippen molar-refractivity contribution < 1.29 is 18.8 Å². The molecule has 0 fully saturated rings. The summed E-state index contributed by atoms with van der Waals surface area (Å²) in [5.41, 5.74) is 0.0851. The van der Waals surface area contributed by atoms with Crippen LogP contribution in [0.15, 0.2) is 42.5 Å². The van der Waals surface area contributed by atoms with Crippen molar-refractivity contribution in [2.24, 2.45) is 0 Å². The van der Waals surface area contributed by atoms with Gasteiger partial charge in [-0.25, -0.2) is 4.39 Å². The molecule has 0 bridgehead atoms. The van der Waals surface area contributed by atoms with E-state index in [0.29, 0.717) is 12.4 Å². The summed E-state index contributed by atoms with van der Waals surface area (Å²) < 4.78 is 19.2. The van der Waals surface area contributed by atoms with Crippen LogP contribution in [0.2, 0.25) is 0 Å². The lowest BCUT2D eigenvalue weighted by Gasteiger charge is -2.09. The van der Waals surface area contributed by atoms with Crippen LogP contribution in [-0.2, 0) is 6.54 Å². The van der Waals surface area contributed by atoms with Crippen LogP contribution in [0.1, 0.15) is 29.3 Å². The molecule has 0 aromatic heterocycles. The van der Waals surface area contributed by atoms with Crippen LogP contribution in [0, 0.1) is 15.9 Å². The summed E-state index contributed by atoms with van der Waals surface area (Å²) in [6.45, 7) is 2.75. The summed E-state index contributed by atoms with van der Waals surface area (Å²) in [6.07, 6.45) is 0.882. The highest BCUT2D eigenvalue weighted by Gasteiger charge is 2.16. The van der Waals surface area contributed by atoms with Crippen LogP contribution in [0.3, 0.4) is 0 Å². The smallest absolute Gasteiger partial charge is 0.270 e. The topological polar surface area (TPSA) is 81.5 Å². The largest absolute Gasteiger partial charge is 0.494 e. The molecule has 6 nitrogen and oxygen atoms in total. The van der Waals surface area contributed by atoms with Crippen LogP contribution in [0.25, 0.3) is 0 Å². The Morgan fingerprint density at radius 1 is 1.29 bits per heavy atom. The number of benzene rings is 2. The standard InChI is InChI=1S/C17H17FN2O4/c1-2-8-24-14-5-3-4-12(9-14)11-19-17(21)15-10-13(20(22)23)6-7-16(15)18/h3-7,9-10H,2,8,11H2,1H3,(H,19,21). The first kappa shape index (κ1) is 17.4. The van der Waals surface area contributed by atoms with Crippen LogP contribution in [0.5, 0.6) is 5.75 Å². The number of halogens is 1. The number of carbonyl (C=O) groups is 1. The Morgan fingerprint density at radius 3 is 2.79 bits per heavy atom. The molecule has 24 heavy (non-hydrogen) atoms. The van der Waals surface area contributed by atoms with Gasteiger partial charge in [-0.05, 0) is 30.2 Å². The van der Waals surface area contributed by atoms with Crippen molar-refractivity contribution in [1.82, 2.24) is 5.32 Å². The van der Waals surface area contributed by atoms with Gasteiger partial charge in [0.15, 0.2) is 0 Å².